The van der Waals surface area contributed by atoms with E-state index in [1.807, 2.05) is 0 Å². The lowest BCUT2D eigenvalue weighted by Crippen LogP contribution is -2.42. The summed E-state index contributed by atoms with van der Waals surface area (Å²) in [5.41, 5.74) is 5.45. The average Bonchev–Trinajstić information content (AvgIpc) is 2.24. The van der Waals surface area contributed by atoms with Crippen LogP contribution in [0.25, 0.3) is 0 Å². The van der Waals surface area contributed by atoms with Crippen LogP contribution in [0.1, 0.15) is 12.8 Å². The first-order valence-corrected chi connectivity index (χ1v) is 7.31. The fourth-order valence-corrected chi connectivity index (χ4v) is 1.74. The van der Waals surface area contributed by atoms with Gasteiger partial charge in [0.2, 0.25) is 5.91 Å². The number of carbonyl (C=O) groups is 2. The Bertz CT molecular complexity index is 394. The van der Waals surface area contributed by atoms with E-state index in [9.17, 15) is 18.0 Å². The van der Waals surface area contributed by atoms with Gasteiger partial charge in [-0.1, -0.05) is 0 Å². The number of hydrogen-bond donors (Lipinski definition) is 4. The first-order chi connectivity index (χ1) is 8.13. The molecule has 0 aromatic heterocycles. The van der Waals surface area contributed by atoms with Gasteiger partial charge in [0.15, 0.2) is 6.10 Å². The van der Waals surface area contributed by atoms with Gasteiger partial charge in [0.05, 0.1) is 11.8 Å². The molecule has 0 rings (SSSR count). The highest BCUT2D eigenvalue weighted by Crippen LogP contribution is 1.95. The molecule has 0 saturated heterocycles. The molecule has 2 atom stereocenters. The number of carbonyl (C=O) groups excluding carboxylic acids is 1. The number of carboxylic acid groups (broad SMARTS) is 1. The number of sulfone groups is 1. The largest absolute Gasteiger partial charge is 0.479 e. The molecule has 0 fully saturated rings. The maximum Gasteiger partial charge on any atom is 0.332 e. The normalized spacial score (nSPS) is 14.8. The molecule has 0 spiro atoms. The summed E-state index contributed by atoms with van der Waals surface area (Å²) < 4.78 is 21.7. The van der Waals surface area contributed by atoms with Crippen molar-refractivity contribution in [3.63, 3.8) is 0 Å². The highest BCUT2D eigenvalue weighted by atomic mass is 32.2. The van der Waals surface area contributed by atoms with Crippen LogP contribution >= 0.6 is 0 Å². The molecule has 0 aromatic carbocycles. The van der Waals surface area contributed by atoms with Crippen molar-refractivity contribution in [2.75, 3.05) is 18.6 Å². The molecule has 8 nitrogen and oxygen atoms in total. The molecule has 1 unspecified atom stereocenters. The third-order valence-electron chi connectivity index (χ3n) is 2.14. The molecule has 0 bridgehead atoms. The molecule has 0 aromatic rings. The zero-order chi connectivity index (χ0) is 14.3. The fourth-order valence-electron chi connectivity index (χ4n) is 1.06. The Morgan fingerprint density at radius 1 is 1.33 bits per heavy atom. The molecule has 0 heterocycles. The summed E-state index contributed by atoms with van der Waals surface area (Å²) in [6, 6.07) is -0.971. The summed E-state index contributed by atoms with van der Waals surface area (Å²) >= 11 is 0. The minimum absolute atomic E-state index is 0.00779. The van der Waals surface area contributed by atoms with Crippen molar-refractivity contribution in [3.8, 4) is 0 Å². The van der Waals surface area contributed by atoms with Crippen molar-refractivity contribution in [3.05, 3.63) is 0 Å². The van der Waals surface area contributed by atoms with E-state index in [4.69, 9.17) is 15.9 Å². The molecule has 18 heavy (non-hydrogen) atoms. The molecule has 0 saturated carbocycles. The molecule has 0 aliphatic rings. The molecule has 9 heteroatoms. The minimum atomic E-state index is -3.18. The molecule has 0 aliphatic carbocycles. The maximum absolute atomic E-state index is 11.4. The van der Waals surface area contributed by atoms with E-state index in [0.29, 0.717) is 0 Å². The van der Waals surface area contributed by atoms with Crippen LogP contribution in [0, 0.1) is 0 Å². The molecular formula is C9H18N2O6S. The van der Waals surface area contributed by atoms with Gasteiger partial charge >= 0.3 is 5.97 Å². The number of aliphatic carboxylic acids is 1. The second kappa shape index (κ2) is 7.29. The molecule has 0 aliphatic heterocycles. The predicted octanol–water partition coefficient (Wildman–Crippen LogP) is -2.30. The van der Waals surface area contributed by atoms with E-state index in [1.54, 1.807) is 0 Å². The van der Waals surface area contributed by atoms with Crippen molar-refractivity contribution >= 4 is 21.7 Å². The first-order valence-electron chi connectivity index (χ1n) is 5.25. The highest BCUT2D eigenvalue weighted by molar-refractivity contribution is 7.90. The van der Waals surface area contributed by atoms with Crippen LogP contribution in [-0.2, 0) is 19.4 Å². The van der Waals surface area contributed by atoms with Crippen molar-refractivity contribution in [1.82, 2.24) is 5.32 Å². The number of aliphatic hydroxyl groups excluding tert-OH is 1. The van der Waals surface area contributed by atoms with E-state index < -0.39 is 33.9 Å². The second-order valence-corrected chi connectivity index (χ2v) is 6.22. The first kappa shape index (κ1) is 16.8. The number of amides is 1. The summed E-state index contributed by atoms with van der Waals surface area (Å²) in [6.45, 7) is -0.0428. The van der Waals surface area contributed by atoms with Crippen LogP contribution in [0.2, 0.25) is 0 Å². The van der Waals surface area contributed by atoms with E-state index in [2.05, 4.69) is 5.32 Å². The van der Waals surface area contributed by atoms with Gasteiger partial charge in [-0.25, -0.2) is 13.2 Å². The Morgan fingerprint density at radius 3 is 2.33 bits per heavy atom. The molecular weight excluding hydrogens is 264 g/mol. The Hall–Kier alpha value is -1.19. The van der Waals surface area contributed by atoms with Gasteiger partial charge in [0.25, 0.3) is 0 Å². The van der Waals surface area contributed by atoms with E-state index in [-0.39, 0.29) is 25.1 Å². The number of rotatable bonds is 8. The SMILES string of the molecule is CS(=O)(=O)CCC(N)C(=O)NCC[C@H](O)C(=O)O. The topological polar surface area (TPSA) is 147 Å². The van der Waals surface area contributed by atoms with Gasteiger partial charge in [-0.15, -0.1) is 0 Å². The monoisotopic (exact) mass is 282 g/mol. The summed E-state index contributed by atoms with van der Waals surface area (Å²) in [6.07, 6.45) is -0.648. The average molecular weight is 282 g/mol. The third kappa shape index (κ3) is 7.98. The number of carboxylic acids is 1. The fraction of sp³-hybridized carbons (Fsp3) is 0.778. The van der Waals surface area contributed by atoms with Crippen molar-refractivity contribution < 1.29 is 28.2 Å². The summed E-state index contributed by atoms with van der Waals surface area (Å²) in [7, 11) is -3.18. The van der Waals surface area contributed by atoms with Crippen LogP contribution in [0.4, 0.5) is 0 Å². The second-order valence-electron chi connectivity index (χ2n) is 3.96. The van der Waals surface area contributed by atoms with Crippen LogP contribution < -0.4 is 11.1 Å². The molecule has 106 valence electrons. The van der Waals surface area contributed by atoms with Crippen LogP contribution in [0.15, 0.2) is 0 Å². The quantitative estimate of drug-likeness (QED) is 0.391. The Morgan fingerprint density at radius 2 is 1.89 bits per heavy atom. The van der Waals surface area contributed by atoms with Gasteiger partial charge in [-0.2, -0.15) is 0 Å². The lowest BCUT2D eigenvalue weighted by Gasteiger charge is -2.12. The Balaban J connectivity index is 3.92. The van der Waals surface area contributed by atoms with Gasteiger partial charge < -0.3 is 21.3 Å². The van der Waals surface area contributed by atoms with Gasteiger partial charge in [0, 0.05) is 19.2 Å². The van der Waals surface area contributed by atoms with Crippen molar-refractivity contribution in [2.45, 2.75) is 25.0 Å². The summed E-state index contributed by atoms with van der Waals surface area (Å²) in [5.74, 6) is -2.14. The molecule has 1 amide bonds. The maximum atomic E-state index is 11.4. The number of nitrogens with one attached hydrogen (secondary N) is 1. The smallest absolute Gasteiger partial charge is 0.332 e. The van der Waals surface area contributed by atoms with Crippen molar-refractivity contribution in [1.29, 1.82) is 0 Å². The molecule has 5 N–H and O–H groups in total. The van der Waals surface area contributed by atoms with E-state index in [1.165, 1.54) is 0 Å². The van der Waals surface area contributed by atoms with Crippen LogP contribution in [-0.4, -0.2) is 61.2 Å². The van der Waals surface area contributed by atoms with Crippen molar-refractivity contribution in [2.24, 2.45) is 5.73 Å². The number of hydrogen-bond acceptors (Lipinski definition) is 6. The third-order valence-corrected chi connectivity index (χ3v) is 3.12. The zero-order valence-corrected chi connectivity index (χ0v) is 10.8. The number of aliphatic hydroxyl groups is 1. The Kier molecular flexibility index (Phi) is 6.81. The highest BCUT2D eigenvalue weighted by Gasteiger charge is 2.17. The minimum Gasteiger partial charge on any atom is -0.479 e. The summed E-state index contributed by atoms with van der Waals surface area (Å²) in [5, 5.41) is 19.6. The van der Waals surface area contributed by atoms with Gasteiger partial charge in [-0.3, -0.25) is 4.79 Å². The zero-order valence-electron chi connectivity index (χ0n) is 10.00. The lowest BCUT2D eigenvalue weighted by molar-refractivity contribution is -0.147. The van der Waals surface area contributed by atoms with Crippen LogP contribution in [0.3, 0.4) is 0 Å². The van der Waals surface area contributed by atoms with Gasteiger partial charge in [-0.05, 0) is 6.42 Å². The summed E-state index contributed by atoms with van der Waals surface area (Å²) in [4.78, 5) is 21.6. The van der Waals surface area contributed by atoms with Crippen LogP contribution in [0.5, 0.6) is 0 Å². The number of nitrogens with two attached hydrogens (primary N) is 1. The van der Waals surface area contributed by atoms with E-state index in [0.717, 1.165) is 6.26 Å². The Labute approximate surface area is 105 Å². The van der Waals surface area contributed by atoms with Gasteiger partial charge in [0.1, 0.15) is 9.84 Å². The predicted molar refractivity (Wildman–Crippen MR) is 63.6 cm³/mol. The molecule has 0 radical (unpaired) electrons. The lowest BCUT2D eigenvalue weighted by atomic mass is 10.2. The van der Waals surface area contributed by atoms with E-state index >= 15 is 0 Å². The standard InChI is InChI=1S/C9H18N2O6S/c1-18(16,17)5-3-6(10)8(13)11-4-2-7(12)9(14)15/h6-7,12H,2-5,10H2,1H3,(H,11,13)(H,14,15)/t6?,7-/m0/s1.